The van der Waals surface area contributed by atoms with Gasteiger partial charge >= 0.3 is 5.97 Å². The monoisotopic (exact) mass is 454 g/mol. The molecule has 34 heavy (non-hydrogen) atoms. The van der Waals surface area contributed by atoms with E-state index in [4.69, 9.17) is 10.1 Å². The number of carbonyl (C=O) groups is 1. The molecule has 1 N–H and O–H groups in total. The number of pyridine rings is 1. The third kappa shape index (κ3) is 5.95. The molecule has 4 rings (SSSR count). The topological polar surface area (TPSA) is 80.9 Å². The number of carboxylic acid groups (broad SMARTS) is 1. The molecule has 0 bridgehead atoms. The van der Waals surface area contributed by atoms with Crippen molar-refractivity contribution in [2.45, 2.75) is 52.0 Å². The van der Waals surface area contributed by atoms with Gasteiger partial charge in [0.05, 0.1) is 11.3 Å². The van der Waals surface area contributed by atoms with Gasteiger partial charge in [0.15, 0.2) is 5.82 Å². The maximum Gasteiger partial charge on any atom is 0.336 e. The van der Waals surface area contributed by atoms with Crippen molar-refractivity contribution < 1.29 is 9.90 Å². The van der Waals surface area contributed by atoms with Crippen LogP contribution in [0.25, 0.3) is 11.3 Å². The molecule has 0 saturated carbocycles. The highest BCUT2D eigenvalue weighted by Gasteiger charge is 2.14. The SMILES string of the molecule is CCCCCn1nc(CCc2ccccc2)nc1Cc1ccc(-c2ccccc2C(=O)O)nc1. The number of rotatable bonds is 11. The van der Waals surface area contributed by atoms with Gasteiger partial charge in [-0.2, -0.15) is 5.10 Å². The van der Waals surface area contributed by atoms with Crippen LogP contribution in [0.1, 0.15) is 59.3 Å². The first-order valence-corrected chi connectivity index (χ1v) is 11.9. The molecule has 0 saturated heterocycles. The number of unbranched alkanes of at least 4 members (excludes halogenated alkanes) is 2. The Kier molecular flexibility index (Phi) is 7.81. The molecule has 2 aromatic heterocycles. The lowest BCUT2D eigenvalue weighted by Crippen LogP contribution is -2.07. The zero-order valence-corrected chi connectivity index (χ0v) is 19.5. The van der Waals surface area contributed by atoms with Crippen LogP contribution in [0.15, 0.2) is 72.9 Å². The van der Waals surface area contributed by atoms with E-state index in [0.29, 0.717) is 17.7 Å². The first-order valence-electron chi connectivity index (χ1n) is 11.9. The fourth-order valence-electron chi connectivity index (χ4n) is 4.02. The lowest BCUT2D eigenvalue weighted by Gasteiger charge is -2.08. The lowest BCUT2D eigenvalue weighted by atomic mass is 10.0. The second-order valence-electron chi connectivity index (χ2n) is 8.44. The predicted octanol–water partition coefficient (Wildman–Crippen LogP) is 5.60. The van der Waals surface area contributed by atoms with E-state index in [1.54, 1.807) is 18.2 Å². The highest BCUT2D eigenvalue weighted by molar-refractivity contribution is 5.95. The summed E-state index contributed by atoms with van der Waals surface area (Å²) in [5.41, 5.74) is 3.83. The quantitative estimate of drug-likeness (QED) is 0.298. The van der Waals surface area contributed by atoms with Gasteiger partial charge in [-0.15, -0.1) is 0 Å². The summed E-state index contributed by atoms with van der Waals surface area (Å²) < 4.78 is 2.05. The van der Waals surface area contributed by atoms with Gasteiger partial charge in [-0.05, 0) is 36.1 Å². The predicted molar refractivity (Wildman–Crippen MR) is 133 cm³/mol. The number of aromatic carboxylic acids is 1. The Morgan fingerprint density at radius 3 is 2.44 bits per heavy atom. The molecule has 4 aromatic rings. The minimum Gasteiger partial charge on any atom is -0.478 e. The molecule has 0 aliphatic rings. The zero-order chi connectivity index (χ0) is 23.8. The Morgan fingerprint density at radius 1 is 0.912 bits per heavy atom. The van der Waals surface area contributed by atoms with Gasteiger partial charge in [-0.25, -0.2) is 14.5 Å². The Bertz CT molecular complexity index is 1220. The average molecular weight is 455 g/mol. The van der Waals surface area contributed by atoms with E-state index in [-0.39, 0.29) is 5.56 Å². The van der Waals surface area contributed by atoms with Crippen molar-refractivity contribution in [3.8, 4) is 11.3 Å². The minimum absolute atomic E-state index is 0.251. The van der Waals surface area contributed by atoms with Crippen molar-refractivity contribution in [3.05, 3.63) is 101 Å². The molecule has 0 spiro atoms. The summed E-state index contributed by atoms with van der Waals surface area (Å²) >= 11 is 0. The van der Waals surface area contributed by atoms with Crippen molar-refractivity contribution in [1.82, 2.24) is 19.7 Å². The van der Waals surface area contributed by atoms with E-state index in [2.05, 4.69) is 36.2 Å². The Balaban J connectivity index is 1.51. The zero-order valence-electron chi connectivity index (χ0n) is 19.5. The molecular weight excluding hydrogens is 424 g/mol. The van der Waals surface area contributed by atoms with E-state index in [1.807, 2.05) is 35.1 Å². The van der Waals surface area contributed by atoms with E-state index < -0.39 is 5.97 Å². The van der Waals surface area contributed by atoms with Crippen LogP contribution in [0.4, 0.5) is 0 Å². The third-order valence-electron chi connectivity index (χ3n) is 5.87. The lowest BCUT2D eigenvalue weighted by molar-refractivity contribution is 0.0697. The van der Waals surface area contributed by atoms with Crippen LogP contribution < -0.4 is 0 Å². The summed E-state index contributed by atoms with van der Waals surface area (Å²) in [5, 5.41) is 14.3. The number of aryl methyl sites for hydroxylation is 3. The van der Waals surface area contributed by atoms with Crippen LogP contribution in [0.3, 0.4) is 0 Å². The second kappa shape index (κ2) is 11.4. The number of hydrogen-bond acceptors (Lipinski definition) is 4. The molecular formula is C28H30N4O2. The Labute approximate surface area is 200 Å². The molecule has 0 unspecified atom stereocenters. The van der Waals surface area contributed by atoms with Crippen LogP contribution in [0.5, 0.6) is 0 Å². The summed E-state index contributed by atoms with van der Waals surface area (Å²) in [4.78, 5) is 21.0. The van der Waals surface area contributed by atoms with Crippen LogP contribution >= 0.6 is 0 Å². The number of carboxylic acids is 1. The van der Waals surface area contributed by atoms with Crippen LogP contribution in [0.2, 0.25) is 0 Å². The maximum atomic E-state index is 11.5. The molecule has 0 fully saturated rings. The smallest absolute Gasteiger partial charge is 0.336 e. The van der Waals surface area contributed by atoms with Gasteiger partial charge in [0, 0.05) is 31.1 Å². The fraction of sp³-hybridized carbons (Fsp3) is 0.286. The molecule has 174 valence electrons. The summed E-state index contributed by atoms with van der Waals surface area (Å²) in [5.74, 6) is 0.861. The standard InChI is InChI=1S/C28H30N4O2/c1-2-3-9-18-32-27(30-26(31-32)17-15-21-10-5-4-6-11-21)19-22-14-16-25(29-20-22)23-12-7-8-13-24(23)28(33)34/h4-8,10-14,16,20H,2-3,9,15,17-19H2,1H3,(H,33,34). The number of hydrogen-bond donors (Lipinski definition) is 1. The van der Waals surface area contributed by atoms with Crippen LogP contribution in [0, 0.1) is 0 Å². The molecule has 0 aliphatic heterocycles. The third-order valence-corrected chi connectivity index (χ3v) is 5.87. The second-order valence-corrected chi connectivity index (χ2v) is 8.44. The van der Waals surface area contributed by atoms with Crippen LogP contribution in [-0.2, 0) is 25.8 Å². The summed E-state index contributed by atoms with van der Waals surface area (Å²) in [7, 11) is 0. The molecule has 0 amide bonds. The van der Waals surface area contributed by atoms with Crippen molar-refractivity contribution in [3.63, 3.8) is 0 Å². The fourth-order valence-corrected chi connectivity index (χ4v) is 4.02. The minimum atomic E-state index is -0.954. The normalized spacial score (nSPS) is 11.0. The maximum absolute atomic E-state index is 11.5. The molecule has 0 atom stereocenters. The molecule has 2 heterocycles. The van der Waals surface area contributed by atoms with Crippen molar-refractivity contribution in [2.75, 3.05) is 0 Å². The van der Waals surface area contributed by atoms with Crippen molar-refractivity contribution >= 4 is 5.97 Å². The Hall–Kier alpha value is -3.80. The Morgan fingerprint density at radius 2 is 1.71 bits per heavy atom. The van der Waals surface area contributed by atoms with Gasteiger partial charge in [0.2, 0.25) is 0 Å². The van der Waals surface area contributed by atoms with Crippen molar-refractivity contribution in [2.24, 2.45) is 0 Å². The van der Waals surface area contributed by atoms with Gasteiger partial charge in [-0.3, -0.25) is 4.98 Å². The molecule has 6 heteroatoms. The first kappa shape index (κ1) is 23.4. The van der Waals surface area contributed by atoms with Crippen molar-refractivity contribution in [1.29, 1.82) is 0 Å². The number of aromatic nitrogens is 4. The molecule has 0 radical (unpaired) electrons. The first-order chi connectivity index (χ1) is 16.6. The van der Waals surface area contributed by atoms with Crippen LogP contribution in [-0.4, -0.2) is 30.8 Å². The van der Waals surface area contributed by atoms with E-state index in [0.717, 1.165) is 55.9 Å². The van der Waals surface area contributed by atoms with Gasteiger partial charge in [0.1, 0.15) is 5.82 Å². The summed E-state index contributed by atoms with van der Waals surface area (Å²) in [6, 6.07) is 21.2. The summed E-state index contributed by atoms with van der Waals surface area (Å²) in [6.07, 6.45) is 7.57. The summed E-state index contributed by atoms with van der Waals surface area (Å²) in [6.45, 7) is 3.06. The van der Waals surface area contributed by atoms with E-state index in [1.165, 1.54) is 5.56 Å². The molecule has 0 aliphatic carbocycles. The largest absolute Gasteiger partial charge is 0.478 e. The molecule has 6 nitrogen and oxygen atoms in total. The highest BCUT2D eigenvalue weighted by atomic mass is 16.4. The van der Waals surface area contributed by atoms with Gasteiger partial charge < -0.3 is 5.11 Å². The number of benzene rings is 2. The van der Waals surface area contributed by atoms with Gasteiger partial charge in [-0.1, -0.05) is 74.4 Å². The molecule has 2 aromatic carbocycles. The highest BCUT2D eigenvalue weighted by Crippen LogP contribution is 2.22. The van der Waals surface area contributed by atoms with E-state index in [9.17, 15) is 9.90 Å². The van der Waals surface area contributed by atoms with E-state index >= 15 is 0 Å². The number of nitrogens with zero attached hydrogens (tertiary/aromatic N) is 4. The average Bonchev–Trinajstić information content (AvgIpc) is 3.25. The van der Waals surface area contributed by atoms with Gasteiger partial charge in [0.25, 0.3) is 0 Å².